The molecule has 746 valence electrons. The zero-order valence-electron chi connectivity index (χ0n) is 67.2. The second-order valence-corrected chi connectivity index (χ2v) is 32.3. The van der Waals surface area contributed by atoms with Crippen molar-refractivity contribution in [3.05, 3.63) is 0 Å². The normalized spacial score (nSPS) is 49.2. The lowest BCUT2D eigenvalue weighted by atomic mass is 9.91. The zero-order chi connectivity index (χ0) is 94.8. The molecule has 59 heteroatoms. The molecule has 39 N–H and O–H groups in total. The molecule has 0 radical (unpaired) electrons. The SMILES string of the molecule is CC(=O)N[C@H]1[C@@H](OC[C@H]2O[C@H](O[C@H]3[C@H](O)[C@H](O)[C@@H](O[C@@H]4[C@@H](O[C@@H]5[C@H](O)[C@@H](O[C@@H]([C@@H]6OC(O)(C(=O)O)C[C@H]6O)[C@H](O)CO)O[C@H]([C@H](CO)O[C@H]6O[C@H]([C@@H](O)CO)[C@@H](O)[C@H](O)[C@@H]6O)[C@H]5O[C@H]5O[C@H]([C@@H](O)CO[C@H]6O[C@H](CO)[C@@H](O)[C@H](O)[C@H]6N)[C@@H](O)[C@H](O)[C@@H]5O)O[C@H]([C@@H](O)CO)[C@@H](O)[C@@H]4O)O[C@@H]3[C@@H](O)CO)[C@H](O)[C@@H](O)[C@@H]2O)O[C@H](CO)[C@H](O[C@H]2O[C@H](CO)[C@H](O)[C@H](O)[C@H]2O)[C@@H]1O. The summed E-state index contributed by atoms with van der Waals surface area (Å²) in [5.74, 6) is -6.44. The van der Waals surface area contributed by atoms with Crippen LogP contribution in [0.5, 0.6) is 0 Å². The van der Waals surface area contributed by atoms with E-state index in [0.717, 1.165) is 6.92 Å². The molecule has 10 saturated heterocycles. The van der Waals surface area contributed by atoms with E-state index in [-0.39, 0.29) is 0 Å². The lowest BCUT2D eigenvalue weighted by Crippen LogP contribution is -2.71. The van der Waals surface area contributed by atoms with E-state index in [9.17, 15) is 193 Å². The number of nitrogens with one attached hydrogen (secondary N) is 1. The summed E-state index contributed by atoms with van der Waals surface area (Å²) in [6.45, 7) is -11.5. The van der Waals surface area contributed by atoms with Crippen LogP contribution in [-0.4, -0.2) is 599 Å². The first-order chi connectivity index (χ1) is 60.3. The molecule has 0 aromatic heterocycles. The molecule has 10 heterocycles. The summed E-state index contributed by atoms with van der Waals surface area (Å²) in [6, 6.07) is -3.44. The number of ether oxygens (including phenoxy) is 19. The van der Waals surface area contributed by atoms with Crippen LogP contribution in [0.2, 0.25) is 0 Å². The summed E-state index contributed by atoms with van der Waals surface area (Å²) in [7, 11) is 0. The number of rotatable bonds is 37. The third kappa shape index (κ3) is 22.8. The number of carboxylic acid groups (broad SMARTS) is 1. The van der Waals surface area contributed by atoms with Crippen molar-refractivity contribution < 1.29 is 283 Å². The van der Waals surface area contributed by atoms with Crippen LogP contribution >= 0.6 is 0 Å². The van der Waals surface area contributed by atoms with Gasteiger partial charge in [0.15, 0.2) is 56.6 Å². The monoisotopic (exact) mass is 1890 g/mol. The Hall–Kier alpha value is -3.26. The molecule has 0 saturated carbocycles. The minimum Gasteiger partial charge on any atom is -0.477 e. The van der Waals surface area contributed by atoms with E-state index in [1.807, 2.05) is 0 Å². The number of hydrogen-bond acceptors (Lipinski definition) is 57. The Balaban J connectivity index is 0.996. The van der Waals surface area contributed by atoms with Gasteiger partial charge in [0.05, 0.1) is 78.2 Å². The molecule has 1 amide bonds. The van der Waals surface area contributed by atoms with Crippen molar-refractivity contribution in [3.8, 4) is 0 Å². The van der Waals surface area contributed by atoms with E-state index in [2.05, 4.69) is 5.32 Å². The lowest BCUT2D eigenvalue weighted by Gasteiger charge is -2.52. The molecule has 0 spiro atoms. The number of nitrogens with two attached hydrogens (primary N) is 1. The van der Waals surface area contributed by atoms with E-state index in [1.54, 1.807) is 0 Å². The number of carboxylic acids is 1. The molecule has 59 nitrogen and oxygen atoms in total. The highest BCUT2D eigenvalue weighted by atomic mass is 16.8. The van der Waals surface area contributed by atoms with Crippen LogP contribution in [0.4, 0.5) is 0 Å². The van der Waals surface area contributed by atoms with E-state index < -0.39 is 421 Å². The Morgan fingerprint density at radius 1 is 0.367 bits per heavy atom. The van der Waals surface area contributed by atoms with Crippen LogP contribution in [0, 0.1) is 0 Å². The molecule has 0 aliphatic carbocycles. The summed E-state index contributed by atoms with van der Waals surface area (Å²) in [6.07, 6.45) is -124. The molecule has 0 aromatic rings. The predicted octanol–water partition coefficient (Wildman–Crippen LogP) is -26.0. The van der Waals surface area contributed by atoms with Crippen LogP contribution in [0.3, 0.4) is 0 Å². The van der Waals surface area contributed by atoms with Crippen molar-refractivity contribution >= 4 is 11.9 Å². The van der Waals surface area contributed by atoms with E-state index >= 15 is 0 Å². The van der Waals surface area contributed by atoms with Gasteiger partial charge >= 0.3 is 5.97 Å². The summed E-state index contributed by atoms with van der Waals surface area (Å²) in [5.41, 5.74) is 6.00. The highest BCUT2D eigenvalue weighted by molar-refractivity contribution is 5.75. The van der Waals surface area contributed by atoms with Gasteiger partial charge in [0.25, 0.3) is 5.79 Å². The van der Waals surface area contributed by atoms with Gasteiger partial charge in [-0.25, -0.2) is 4.79 Å². The molecule has 128 heavy (non-hydrogen) atoms. The molecule has 0 aromatic carbocycles. The van der Waals surface area contributed by atoms with Gasteiger partial charge in [-0.1, -0.05) is 0 Å². The molecular formula is C69H118N2O57. The standard InChI is InChI=1S/C69H118N2O57/c1-13(80)71-26-31(91)53(122-61-41(101)32(92)28(88)21(8-77)113-61)22(9-78)114-60(26)111-12-24-29(89)33(93)42(102)63(116-24)124-55-40(100)45(105)65(121-51(55)18(85)6-75)126-57-39(99)38(98)48(16(83)4-73)119-67(57)125-56-46(106)66(120-50(17(84)5-74)52-14(81)2-69(109,128-52)68(107)108)123-54(23(10-79)115-62-43(103)34(94)36(96)47(117-62)15(82)3-72)58(56)127-64-44(104)35(95)37(97)49(118-64)19(86)11-110-59-25(70)30(90)27(87)20(7-76)112-59/h14-67,72-79,81-106,109H,2-12,70H2,1H3,(H,71,80)(H,107,108)/t14-,15+,16+,17-,18+,19+,20-,21-,22-,23+,24-,25-,26-,27-,28+,29-,30-,31-,32+,33+,34+,35+,36+,37+,38+,39+,40-,41-,42-,43+,44+,45+,46+,47-,48-,49-,50-,51-,52-,53+,54-,55+,56-,57+,58-,59+,60+,61-,62+,63-,64-,65-,66+,67-,69?/m1/s1. The van der Waals surface area contributed by atoms with E-state index in [0.29, 0.717) is 0 Å². The maximum Gasteiger partial charge on any atom is 0.364 e. The second kappa shape index (κ2) is 45.8. The van der Waals surface area contributed by atoms with Crippen molar-refractivity contribution in [1.82, 2.24) is 5.32 Å². The molecule has 10 aliphatic heterocycles. The van der Waals surface area contributed by atoms with Crippen molar-refractivity contribution in [2.24, 2.45) is 5.73 Å². The number of carbonyl (C=O) groups excluding carboxylic acids is 1. The first-order valence-corrected chi connectivity index (χ1v) is 40.3. The van der Waals surface area contributed by atoms with E-state index in [1.165, 1.54) is 0 Å². The van der Waals surface area contributed by atoms with Crippen molar-refractivity contribution in [2.45, 2.75) is 350 Å². The van der Waals surface area contributed by atoms with Crippen LogP contribution in [-0.2, 0) is 99.6 Å². The average molecular weight is 1890 g/mol. The lowest BCUT2D eigenvalue weighted by molar-refractivity contribution is -0.419. The van der Waals surface area contributed by atoms with Crippen molar-refractivity contribution in [2.75, 3.05) is 66.1 Å². The van der Waals surface area contributed by atoms with Crippen LogP contribution in [0.1, 0.15) is 13.3 Å². The molecule has 10 fully saturated rings. The third-order valence-electron chi connectivity index (χ3n) is 23.6. The fourth-order valence-corrected chi connectivity index (χ4v) is 16.2. The minimum absolute atomic E-state index is 0.897. The first kappa shape index (κ1) is 107. The van der Waals surface area contributed by atoms with Gasteiger partial charge in [0.1, 0.15) is 262 Å². The van der Waals surface area contributed by atoms with Gasteiger partial charge in [-0.05, 0) is 0 Å². The van der Waals surface area contributed by atoms with Crippen molar-refractivity contribution in [1.29, 1.82) is 0 Å². The summed E-state index contributed by atoms with van der Waals surface area (Å²) >= 11 is 0. The van der Waals surface area contributed by atoms with Gasteiger partial charge in [-0.3, -0.25) is 4.79 Å². The maximum absolute atomic E-state index is 13.1. The third-order valence-corrected chi connectivity index (χ3v) is 23.6. The minimum atomic E-state index is -3.36. The van der Waals surface area contributed by atoms with Gasteiger partial charge in [0, 0.05) is 13.3 Å². The molecular weight excluding hydrogens is 1770 g/mol. The Morgan fingerprint density at radius 3 is 1.30 bits per heavy atom. The molecule has 1 unspecified atom stereocenters. The fourth-order valence-electron chi connectivity index (χ4n) is 16.2. The summed E-state index contributed by atoms with van der Waals surface area (Å²) < 4.78 is 111. The Kier molecular flexibility index (Phi) is 38.2. The Morgan fingerprint density at radius 2 is 0.773 bits per heavy atom. The maximum atomic E-state index is 13.1. The molecule has 0 bridgehead atoms. The summed E-state index contributed by atoms with van der Waals surface area (Å²) in [4.78, 5) is 25.0. The van der Waals surface area contributed by atoms with Crippen LogP contribution in [0.15, 0.2) is 0 Å². The number of carbonyl (C=O) groups is 2. The van der Waals surface area contributed by atoms with Gasteiger partial charge in [-0.2, -0.15) is 0 Å². The number of amides is 1. The Bertz CT molecular complexity index is 3390. The second-order valence-electron chi connectivity index (χ2n) is 32.3. The number of aliphatic hydroxyl groups excluding tert-OH is 34. The topological polar surface area (TPSA) is 976 Å². The van der Waals surface area contributed by atoms with Crippen molar-refractivity contribution in [3.63, 3.8) is 0 Å². The average Bonchev–Trinajstić information content (AvgIpc) is 1.06. The molecule has 10 aliphatic rings. The highest BCUT2D eigenvalue weighted by Gasteiger charge is 2.64. The van der Waals surface area contributed by atoms with Crippen LogP contribution in [0.25, 0.3) is 0 Å². The number of hydrogen-bond donors (Lipinski definition) is 38. The number of aliphatic hydroxyl groups is 35. The summed E-state index contributed by atoms with van der Waals surface area (Å²) in [5, 5.41) is 402. The predicted molar refractivity (Wildman–Crippen MR) is 384 cm³/mol. The van der Waals surface area contributed by atoms with E-state index in [4.69, 9.17) is 95.7 Å². The zero-order valence-corrected chi connectivity index (χ0v) is 67.2. The quantitative estimate of drug-likeness (QED) is 0.0275. The van der Waals surface area contributed by atoms with Gasteiger partial charge in [0.2, 0.25) is 5.91 Å². The van der Waals surface area contributed by atoms with Gasteiger partial charge < -0.3 is 285 Å². The molecule has 10 rings (SSSR count). The highest BCUT2D eigenvalue weighted by Crippen LogP contribution is 2.43. The molecule has 55 atom stereocenters. The number of aliphatic carboxylic acids is 1. The first-order valence-electron chi connectivity index (χ1n) is 40.3. The largest absolute Gasteiger partial charge is 0.477 e. The van der Waals surface area contributed by atoms with Gasteiger partial charge in [-0.15, -0.1) is 0 Å². The Labute approximate surface area is 720 Å². The van der Waals surface area contributed by atoms with Crippen LogP contribution < -0.4 is 11.1 Å². The fraction of sp³-hybridized carbons (Fsp3) is 0.971. The smallest absolute Gasteiger partial charge is 0.364 e.